The highest BCUT2D eigenvalue weighted by Crippen LogP contribution is 2.16. The van der Waals surface area contributed by atoms with Gasteiger partial charge in [0.1, 0.15) is 0 Å². The fourth-order valence-electron chi connectivity index (χ4n) is 3.03. The van der Waals surface area contributed by atoms with Gasteiger partial charge in [-0.25, -0.2) is 0 Å². The van der Waals surface area contributed by atoms with E-state index in [0.29, 0.717) is 12.1 Å². The fourth-order valence-corrected chi connectivity index (χ4v) is 3.03. The van der Waals surface area contributed by atoms with Crippen LogP contribution in [0.3, 0.4) is 0 Å². The van der Waals surface area contributed by atoms with Crippen LogP contribution in [0.2, 0.25) is 0 Å². The molecule has 1 aliphatic heterocycles. The molecule has 0 aliphatic carbocycles. The minimum Gasteiger partial charge on any atom is -0.351 e. The molecule has 1 aliphatic rings. The molecule has 0 radical (unpaired) electrons. The molecule has 0 saturated carbocycles. The van der Waals surface area contributed by atoms with Crippen molar-refractivity contribution >= 4 is 42.3 Å². The highest BCUT2D eigenvalue weighted by atomic mass is 35.5. The summed E-state index contributed by atoms with van der Waals surface area (Å²) in [6, 6.07) is 11.0. The zero-order valence-corrected chi connectivity index (χ0v) is 17.4. The Labute approximate surface area is 177 Å². The van der Waals surface area contributed by atoms with Crippen molar-refractivity contribution < 1.29 is 9.59 Å². The number of carbonyl (C=O) groups is 2. The van der Waals surface area contributed by atoms with Crippen LogP contribution in [0, 0.1) is 0 Å². The molecule has 152 valence electrons. The van der Waals surface area contributed by atoms with Gasteiger partial charge < -0.3 is 15.5 Å². The molecule has 3 rings (SSSR count). The number of hydrogen-bond acceptors (Lipinski definition) is 4. The van der Waals surface area contributed by atoms with Gasteiger partial charge in [0.25, 0.3) is 5.91 Å². The summed E-state index contributed by atoms with van der Waals surface area (Å²) >= 11 is 0. The molecule has 1 saturated heterocycles. The van der Waals surface area contributed by atoms with Crippen LogP contribution < -0.4 is 15.5 Å². The number of anilines is 1. The predicted octanol–water partition coefficient (Wildman–Crippen LogP) is 2.96. The maximum absolute atomic E-state index is 12.5. The van der Waals surface area contributed by atoms with Crippen LogP contribution in [0.25, 0.3) is 0 Å². The zero-order valence-electron chi connectivity index (χ0n) is 15.8. The lowest BCUT2D eigenvalue weighted by molar-refractivity contribution is -0.123. The van der Waals surface area contributed by atoms with Gasteiger partial charge in [-0.05, 0) is 49.2 Å². The van der Waals surface area contributed by atoms with Crippen LogP contribution in [-0.2, 0) is 11.3 Å². The summed E-state index contributed by atoms with van der Waals surface area (Å²) in [7, 11) is 1.74. The molecule has 1 aromatic carbocycles. The van der Waals surface area contributed by atoms with Gasteiger partial charge in [0.2, 0.25) is 5.91 Å². The Morgan fingerprint density at radius 1 is 1.11 bits per heavy atom. The largest absolute Gasteiger partial charge is 0.351 e. The smallest absolute Gasteiger partial charge is 0.258 e. The van der Waals surface area contributed by atoms with E-state index in [1.54, 1.807) is 36.5 Å². The second-order valence-electron chi connectivity index (χ2n) is 6.49. The molecule has 1 atom stereocenters. The first-order chi connectivity index (χ1) is 12.6. The van der Waals surface area contributed by atoms with Crippen molar-refractivity contribution in [2.75, 3.05) is 18.5 Å². The van der Waals surface area contributed by atoms with Crippen LogP contribution in [0.4, 0.5) is 5.69 Å². The van der Waals surface area contributed by atoms with Gasteiger partial charge in [0, 0.05) is 37.2 Å². The van der Waals surface area contributed by atoms with E-state index in [0.717, 1.165) is 37.1 Å². The number of rotatable bonds is 5. The lowest BCUT2D eigenvalue weighted by Crippen LogP contribution is -2.46. The molecule has 6 nitrogen and oxygen atoms in total. The monoisotopic (exact) mass is 424 g/mol. The fraction of sp³-hybridized carbons (Fsp3) is 0.350. The molecular weight excluding hydrogens is 399 g/mol. The molecular formula is C20H26Cl2N4O2. The van der Waals surface area contributed by atoms with Gasteiger partial charge in [0.05, 0.1) is 6.04 Å². The quantitative estimate of drug-likeness (QED) is 0.773. The van der Waals surface area contributed by atoms with Crippen molar-refractivity contribution in [3.63, 3.8) is 0 Å². The second-order valence-corrected chi connectivity index (χ2v) is 6.49. The molecule has 8 heteroatoms. The molecule has 2 aromatic rings. The Bertz CT molecular complexity index is 751. The number of pyridine rings is 1. The van der Waals surface area contributed by atoms with Crippen LogP contribution in [-0.4, -0.2) is 36.4 Å². The van der Waals surface area contributed by atoms with Gasteiger partial charge in [-0.1, -0.05) is 18.6 Å². The van der Waals surface area contributed by atoms with E-state index in [2.05, 4.69) is 15.6 Å². The first-order valence-electron chi connectivity index (χ1n) is 8.93. The van der Waals surface area contributed by atoms with Crippen molar-refractivity contribution in [1.29, 1.82) is 0 Å². The minimum absolute atomic E-state index is 0. The van der Waals surface area contributed by atoms with Gasteiger partial charge in [-0.2, -0.15) is 0 Å². The molecule has 0 bridgehead atoms. The minimum atomic E-state index is -0.0863. The second kappa shape index (κ2) is 11.6. The highest BCUT2D eigenvalue weighted by Gasteiger charge is 2.20. The number of hydrogen-bond donors (Lipinski definition) is 2. The molecule has 2 heterocycles. The van der Waals surface area contributed by atoms with Gasteiger partial charge in [-0.15, -0.1) is 24.8 Å². The molecule has 28 heavy (non-hydrogen) atoms. The van der Waals surface area contributed by atoms with Crippen LogP contribution in [0.5, 0.6) is 0 Å². The Hall–Kier alpha value is -2.15. The molecule has 2 amide bonds. The first-order valence-corrected chi connectivity index (χ1v) is 8.93. The number of benzene rings is 1. The lowest BCUT2D eigenvalue weighted by atomic mass is 10.0. The first kappa shape index (κ1) is 23.9. The van der Waals surface area contributed by atoms with E-state index in [4.69, 9.17) is 0 Å². The maximum atomic E-state index is 12.5. The Morgan fingerprint density at radius 2 is 1.79 bits per heavy atom. The Morgan fingerprint density at radius 3 is 2.39 bits per heavy atom. The van der Waals surface area contributed by atoms with E-state index >= 15 is 0 Å². The standard InChI is InChI=1S/C20H24N4O2.2ClH/c1-24(20(26)16-9-12-21-13-10-16)17-7-5-15(6-8-17)14-23-19(25)18-4-2-3-11-22-18;;/h5-10,12-13,18,22H,2-4,11,14H2,1H3,(H,23,25);2*1H/t18-;;/m1../s1. The van der Waals surface area contributed by atoms with Crippen LogP contribution in [0.1, 0.15) is 35.2 Å². The summed E-state index contributed by atoms with van der Waals surface area (Å²) in [6.07, 6.45) is 6.34. The van der Waals surface area contributed by atoms with E-state index in [1.165, 1.54) is 0 Å². The Balaban J connectivity index is 0.00000196. The van der Waals surface area contributed by atoms with Crippen molar-refractivity contribution in [2.24, 2.45) is 0 Å². The number of amides is 2. The molecule has 1 fully saturated rings. The third kappa shape index (κ3) is 6.19. The van der Waals surface area contributed by atoms with Crippen molar-refractivity contribution in [3.05, 3.63) is 59.9 Å². The third-order valence-electron chi connectivity index (χ3n) is 4.65. The van der Waals surface area contributed by atoms with Crippen LogP contribution in [0.15, 0.2) is 48.8 Å². The van der Waals surface area contributed by atoms with Gasteiger partial charge in [-0.3, -0.25) is 14.6 Å². The third-order valence-corrected chi connectivity index (χ3v) is 4.65. The molecule has 1 aromatic heterocycles. The number of halogens is 2. The number of piperidine rings is 1. The van der Waals surface area contributed by atoms with E-state index in [-0.39, 0.29) is 42.7 Å². The predicted molar refractivity (Wildman–Crippen MR) is 115 cm³/mol. The van der Waals surface area contributed by atoms with E-state index in [1.807, 2.05) is 24.3 Å². The summed E-state index contributed by atoms with van der Waals surface area (Å²) in [5.41, 5.74) is 2.40. The molecule has 0 spiro atoms. The number of nitrogens with zero attached hydrogens (tertiary/aromatic N) is 2. The summed E-state index contributed by atoms with van der Waals surface area (Å²) in [5.74, 6) is -0.0319. The summed E-state index contributed by atoms with van der Waals surface area (Å²) in [6.45, 7) is 1.39. The normalized spacial score (nSPS) is 15.5. The van der Waals surface area contributed by atoms with Crippen molar-refractivity contribution in [2.45, 2.75) is 31.8 Å². The number of aromatic nitrogens is 1. The molecule has 2 N–H and O–H groups in total. The lowest BCUT2D eigenvalue weighted by Gasteiger charge is -2.22. The maximum Gasteiger partial charge on any atom is 0.258 e. The summed E-state index contributed by atoms with van der Waals surface area (Å²) in [4.78, 5) is 30.1. The van der Waals surface area contributed by atoms with Crippen molar-refractivity contribution in [3.8, 4) is 0 Å². The number of carbonyl (C=O) groups excluding carboxylic acids is 2. The highest BCUT2D eigenvalue weighted by molar-refractivity contribution is 6.05. The topological polar surface area (TPSA) is 74.3 Å². The van der Waals surface area contributed by atoms with E-state index in [9.17, 15) is 9.59 Å². The molecule has 0 unspecified atom stereocenters. The van der Waals surface area contributed by atoms with Crippen LogP contribution >= 0.6 is 24.8 Å². The number of nitrogens with one attached hydrogen (secondary N) is 2. The Kier molecular flexibility index (Phi) is 9.93. The zero-order chi connectivity index (χ0) is 18.4. The summed E-state index contributed by atoms with van der Waals surface area (Å²) < 4.78 is 0. The van der Waals surface area contributed by atoms with E-state index < -0.39 is 0 Å². The average Bonchev–Trinajstić information content (AvgIpc) is 2.72. The van der Waals surface area contributed by atoms with Gasteiger partial charge >= 0.3 is 0 Å². The van der Waals surface area contributed by atoms with Gasteiger partial charge in [0.15, 0.2) is 0 Å². The average molecular weight is 425 g/mol. The SMILES string of the molecule is CN(C(=O)c1ccncc1)c1ccc(CNC(=O)[C@H]2CCCCN2)cc1.Cl.Cl. The van der Waals surface area contributed by atoms with Crippen molar-refractivity contribution in [1.82, 2.24) is 15.6 Å². The summed E-state index contributed by atoms with van der Waals surface area (Å²) in [5, 5.41) is 6.22.